The molecule has 1 saturated heterocycles. The van der Waals surface area contributed by atoms with Crippen molar-refractivity contribution in [2.45, 2.75) is 18.6 Å². The van der Waals surface area contributed by atoms with Gasteiger partial charge in [0.15, 0.2) is 11.5 Å². The molecule has 3 heterocycles. The molecular formula is C20H20N2O2S2. The number of aromatic nitrogens is 1. The normalized spacial score (nSPS) is 17.9. The summed E-state index contributed by atoms with van der Waals surface area (Å²) >= 11 is 3.51. The maximum absolute atomic E-state index is 12.8. The molecule has 4 nitrogen and oxygen atoms in total. The Bertz CT molecular complexity index is 889. The highest BCUT2D eigenvalue weighted by Gasteiger charge is 2.25. The smallest absolute Gasteiger partial charge is 0.276 e. The molecule has 0 aliphatic carbocycles. The van der Waals surface area contributed by atoms with E-state index in [4.69, 9.17) is 4.52 Å². The maximum atomic E-state index is 12.8. The number of carbonyl (C=O) groups is 1. The van der Waals surface area contributed by atoms with E-state index in [0.717, 1.165) is 30.1 Å². The largest absolute Gasteiger partial charge is 0.355 e. The highest BCUT2D eigenvalue weighted by Crippen LogP contribution is 2.36. The van der Waals surface area contributed by atoms with Crippen molar-refractivity contribution >= 4 is 29.0 Å². The molecule has 1 aliphatic heterocycles. The lowest BCUT2D eigenvalue weighted by Crippen LogP contribution is -2.33. The molecule has 0 radical (unpaired) electrons. The second-order valence-corrected chi connectivity index (χ2v) is 8.61. The van der Waals surface area contributed by atoms with Gasteiger partial charge in [0.05, 0.1) is 4.88 Å². The van der Waals surface area contributed by atoms with E-state index >= 15 is 0 Å². The van der Waals surface area contributed by atoms with E-state index in [0.29, 0.717) is 16.7 Å². The molecule has 1 aliphatic rings. The van der Waals surface area contributed by atoms with Crippen LogP contribution < -0.4 is 0 Å². The Morgan fingerprint density at radius 1 is 1.23 bits per heavy atom. The van der Waals surface area contributed by atoms with Gasteiger partial charge in [-0.1, -0.05) is 35.5 Å². The molecule has 1 fully saturated rings. The molecule has 0 spiro atoms. The van der Waals surface area contributed by atoms with Gasteiger partial charge in [0.25, 0.3) is 5.91 Å². The average molecular weight is 385 g/mol. The number of hydrogen-bond donors (Lipinski definition) is 0. The van der Waals surface area contributed by atoms with Crippen LogP contribution in [-0.4, -0.2) is 34.8 Å². The predicted octanol–water partition coefficient (Wildman–Crippen LogP) is 5.03. The van der Waals surface area contributed by atoms with E-state index in [1.807, 2.05) is 34.2 Å². The van der Waals surface area contributed by atoms with Crippen molar-refractivity contribution in [1.29, 1.82) is 0 Å². The van der Waals surface area contributed by atoms with Crippen LogP contribution in [0.1, 0.15) is 33.3 Å². The number of benzene rings is 1. The SMILES string of the molecule is Cc1ccccc1C1CCN(C(=O)c2cc(-c3cccs3)on2)CCS1. The monoisotopic (exact) mass is 384 g/mol. The quantitative estimate of drug-likeness (QED) is 0.635. The number of carbonyl (C=O) groups excluding carboxylic acids is 1. The van der Waals surface area contributed by atoms with Crippen LogP contribution in [0.15, 0.2) is 52.4 Å². The zero-order valence-corrected chi connectivity index (χ0v) is 16.2. The maximum Gasteiger partial charge on any atom is 0.276 e. The molecule has 0 N–H and O–H groups in total. The lowest BCUT2D eigenvalue weighted by Gasteiger charge is -2.19. The predicted molar refractivity (Wildman–Crippen MR) is 107 cm³/mol. The summed E-state index contributed by atoms with van der Waals surface area (Å²) in [5, 5.41) is 6.42. The summed E-state index contributed by atoms with van der Waals surface area (Å²) in [7, 11) is 0. The molecule has 6 heteroatoms. The number of thiophene rings is 1. The van der Waals surface area contributed by atoms with Gasteiger partial charge >= 0.3 is 0 Å². The summed E-state index contributed by atoms with van der Waals surface area (Å²) in [5.74, 6) is 1.55. The number of aryl methyl sites for hydroxylation is 1. The fourth-order valence-corrected chi connectivity index (χ4v) is 5.24. The summed E-state index contributed by atoms with van der Waals surface area (Å²) in [4.78, 5) is 15.7. The molecular weight excluding hydrogens is 364 g/mol. The van der Waals surface area contributed by atoms with Gasteiger partial charge in [0.2, 0.25) is 0 Å². The van der Waals surface area contributed by atoms with Crippen LogP contribution in [0.3, 0.4) is 0 Å². The second kappa shape index (κ2) is 7.68. The van der Waals surface area contributed by atoms with Gasteiger partial charge in [0.1, 0.15) is 0 Å². The summed E-state index contributed by atoms with van der Waals surface area (Å²) in [5.41, 5.74) is 3.10. The lowest BCUT2D eigenvalue weighted by molar-refractivity contribution is 0.0756. The van der Waals surface area contributed by atoms with Crippen LogP contribution in [0.25, 0.3) is 10.6 Å². The van der Waals surface area contributed by atoms with Crippen LogP contribution in [0.5, 0.6) is 0 Å². The summed E-state index contributed by atoms with van der Waals surface area (Å²) in [6, 6.07) is 14.2. The van der Waals surface area contributed by atoms with Crippen LogP contribution in [-0.2, 0) is 0 Å². The molecule has 4 rings (SSSR count). The summed E-state index contributed by atoms with van der Waals surface area (Å²) in [6.07, 6.45) is 0.955. The van der Waals surface area contributed by atoms with Crippen LogP contribution >= 0.6 is 23.1 Å². The molecule has 1 atom stereocenters. The number of amides is 1. The van der Waals surface area contributed by atoms with Crippen molar-refractivity contribution in [2.75, 3.05) is 18.8 Å². The Morgan fingerprint density at radius 3 is 2.92 bits per heavy atom. The van der Waals surface area contributed by atoms with Gasteiger partial charge in [-0.3, -0.25) is 4.79 Å². The molecule has 134 valence electrons. The standard InChI is InChI=1S/C20H20N2O2S2/c1-14-5-2-3-6-15(14)18-8-9-22(10-12-26-18)20(23)16-13-17(24-21-16)19-7-4-11-25-19/h2-7,11,13,18H,8-10,12H2,1H3. The number of nitrogens with zero attached hydrogens (tertiary/aromatic N) is 2. The number of hydrogen-bond acceptors (Lipinski definition) is 5. The molecule has 3 aromatic rings. The number of thioether (sulfide) groups is 1. The minimum absolute atomic E-state index is 0.0393. The van der Waals surface area contributed by atoms with Crippen LogP contribution in [0, 0.1) is 6.92 Å². The van der Waals surface area contributed by atoms with E-state index in [1.54, 1.807) is 17.4 Å². The third kappa shape index (κ3) is 3.57. The van der Waals surface area contributed by atoms with Gasteiger partial charge in [-0.15, -0.1) is 11.3 Å². The third-order valence-electron chi connectivity index (χ3n) is 4.66. The third-order valence-corrected chi connectivity index (χ3v) is 6.85. The van der Waals surface area contributed by atoms with Crippen molar-refractivity contribution in [3.63, 3.8) is 0 Å². The highest BCUT2D eigenvalue weighted by molar-refractivity contribution is 7.99. The Kier molecular flexibility index (Phi) is 5.13. The molecule has 1 aromatic carbocycles. The first-order chi connectivity index (χ1) is 12.7. The topological polar surface area (TPSA) is 46.3 Å². The van der Waals surface area contributed by atoms with Crippen LogP contribution in [0.4, 0.5) is 0 Å². The average Bonchev–Trinajstić information content (AvgIpc) is 3.29. The van der Waals surface area contributed by atoms with Gasteiger partial charge in [-0.25, -0.2) is 0 Å². The van der Waals surface area contributed by atoms with E-state index in [9.17, 15) is 4.79 Å². The molecule has 1 unspecified atom stereocenters. The Balaban J connectivity index is 1.46. The molecule has 2 aromatic heterocycles. The van der Waals surface area contributed by atoms with Gasteiger partial charge in [-0.2, -0.15) is 11.8 Å². The van der Waals surface area contributed by atoms with E-state index in [2.05, 4.69) is 36.3 Å². The Labute approximate surface area is 161 Å². The van der Waals surface area contributed by atoms with E-state index in [-0.39, 0.29) is 5.91 Å². The van der Waals surface area contributed by atoms with Crippen LogP contribution in [0.2, 0.25) is 0 Å². The van der Waals surface area contributed by atoms with Gasteiger partial charge in [0, 0.05) is 30.2 Å². The molecule has 1 amide bonds. The van der Waals surface area contributed by atoms with Crippen molar-refractivity contribution in [3.05, 3.63) is 64.7 Å². The minimum Gasteiger partial charge on any atom is -0.355 e. The van der Waals surface area contributed by atoms with Crippen molar-refractivity contribution in [1.82, 2.24) is 10.1 Å². The molecule has 26 heavy (non-hydrogen) atoms. The first-order valence-corrected chi connectivity index (χ1v) is 10.6. The second-order valence-electron chi connectivity index (χ2n) is 6.35. The fourth-order valence-electron chi connectivity index (χ4n) is 3.24. The number of rotatable bonds is 3. The van der Waals surface area contributed by atoms with Crippen molar-refractivity contribution in [2.24, 2.45) is 0 Å². The molecule has 0 bridgehead atoms. The summed E-state index contributed by atoms with van der Waals surface area (Å²) < 4.78 is 5.37. The lowest BCUT2D eigenvalue weighted by atomic mass is 10.0. The van der Waals surface area contributed by atoms with E-state index in [1.165, 1.54) is 11.1 Å². The summed E-state index contributed by atoms with van der Waals surface area (Å²) in [6.45, 7) is 3.64. The first-order valence-electron chi connectivity index (χ1n) is 8.69. The zero-order valence-electron chi connectivity index (χ0n) is 14.6. The van der Waals surface area contributed by atoms with Gasteiger partial charge in [-0.05, 0) is 35.9 Å². The minimum atomic E-state index is -0.0393. The first kappa shape index (κ1) is 17.4. The Morgan fingerprint density at radius 2 is 2.12 bits per heavy atom. The fraction of sp³-hybridized carbons (Fsp3) is 0.300. The Hall–Kier alpha value is -2.05. The molecule has 0 saturated carbocycles. The van der Waals surface area contributed by atoms with Crippen molar-refractivity contribution < 1.29 is 9.32 Å². The zero-order chi connectivity index (χ0) is 17.9. The van der Waals surface area contributed by atoms with E-state index < -0.39 is 0 Å². The van der Waals surface area contributed by atoms with Gasteiger partial charge < -0.3 is 9.42 Å². The highest BCUT2D eigenvalue weighted by atomic mass is 32.2. The van der Waals surface area contributed by atoms with Crippen molar-refractivity contribution in [3.8, 4) is 10.6 Å².